The lowest BCUT2D eigenvalue weighted by Gasteiger charge is -2.18. The van der Waals surface area contributed by atoms with Crippen LogP contribution in [-0.4, -0.2) is 37.7 Å². The fourth-order valence-electron chi connectivity index (χ4n) is 2.20. The molecule has 0 aliphatic rings. The third kappa shape index (κ3) is 6.71. The number of benzene rings is 1. The Morgan fingerprint density at radius 1 is 1.14 bits per heavy atom. The fraction of sp³-hybridized carbons (Fsp3) is 0.647. The highest BCUT2D eigenvalue weighted by molar-refractivity contribution is 5.68. The lowest BCUT2D eigenvalue weighted by Crippen LogP contribution is -2.25. The number of hydrogen-bond acceptors (Lipinski definition) is 4. The molecule has 4 nitrogen and oxygen atoms in total. The van der Waals surface area contributed by atoms with Gasteiger partial charge in [-0.05, 0) is 38.1 Å². The van der Waals surface area contributed by atoms with E-state index in [0.717, 1.165) is 62.8 Å². The van der Waals surface area contributed by atoms with Gasteiger partial charge in [-0.2, -0.15) is 0 Å². The molecule has 3 N–H and O–H groups in total. The van der Waals surface area contributed by atoms with Gasteiger partial charge >= 0.3 is 0 Å². The fourth-order valence-corrected chi connectivity index (χ4v) is 2.20. The molecule has 0 aromatic heterocycles. The summed E-state index contributed by atoms with van der Waals surface area (Å²) in [5, 5.41) is 3.37. The van der Waals surface area contributed by atoms with Crippen LogP contribution in [0.4, 0.5) is 11.4 Å². The van der Waals surface area contributed by atoms with Crippen molar-refractivity contribution in [1.29, 1.82) is 0 Å². The summed E-state index contributed by atoms with van der Waals surface area (Å²) in [5.41, 5.74) is 7.73. The minimum absolute atomic E-state index is 0.745. The Balaban J connectivity index is 2.39. The highest BCUT2D eigenvalue weighted by atomic mass is 16.5. The lowest BCUT2D eigenvalue weighted by molar-refractivity contribution is 0.249. The van der Waals surface area contributed by atoms with Crippen LogP contribution in [0, 0.1) is 0 Å². The topological polar surface area (TPSA) is 50.5 Å². The van der Waals surface area contributed by atoms with Crippen LogP contribution in [0.15, 0.2) is 18.2 Å². The van der Waals surface area contributed by atoms with E-state index in [4.69, 9.17) is 10.5 Å². The first-order chi connectivity index (χ1) is 10.2. The number of rotatable bonds is 11. The number of nitrogen functional groups attached to an aromatic ring is 1. The zero-order valence-electron chi connectivity index (χ0n) is 13.8. The molecule has 0 atom stereocenters. The standard InChI is InChI=1S/C17H31N3O/c1-4-7-11-19-17-14-15(9-10-16(17)18)21-13-8-12-20(5-2)6-3/h9-10,14,19H,4-8,11-13,18H2,1-3H3. The first-order valence-corrected chi connectivity index (χ1v) is 8.19. The van der Waals surface area contributed by atoms with E-state index in [-0.39, 0.29) is 0 Å². The molecule has 1 aromatic carbocycles. The van der Waals surface area contributed by atoms with E-state index in [9.17, 15) is 0 Å². The Labute approximate surface area is 129 Å². The largest absolute Gasteiger partial charge is 0.493 e. The zero-order chi connectivity index (χ0) is 15.5. The summed E-state index contributed by atoms with van der Waals surface area (Å²) in [4.78, 5) is 2.41. The molecule has 0 amide bonds. The Kier molecular flexibility index (Phi) is 8.67. The van der Waals surface area contributed by atoms with Crippen LogP contribution in [0.2, 0.25) is 0 Å². The molecule has 0 bridgehead atoms. The number of nitrogens with zero attached hydrogens (tertiary/aromatic N) is 1. The van der Waals surface area contributed by atoms with Crippen molar-refractivity contribution in [2.24, 2.45) is 0 Å². The lowest BCUT2D eigenvalue weighted by atomic mass is 10.2. The Hall–Kier alpha value is -1.42. The van der Waals surface area contributed by atoms with E-state index in [1.807, 2.05) is 18.2 Å². The van der Waals surface area contributed by atoms with E-state index in [0.29, 0.717) is 0 Å². The summed E-state index contributed by atoms with van der Waals surface area (Å²) < 4.78 is 5.83. The summed E-state index contributed by atoms with van der Waals surface area (Å²) in [5.74, 6) is 0.891. The molecular weight excluding hydrogens is 262 g/mol. The van der Waals surface area contributed by atoms with Gasteiger partial charge in [0, 0.05) is 19.2 Å². The van der Waals surface area contributed by atoms with Crippen molar-refractivity contribution < 1.29 is 4.74 Å². The molecule has 21 heavy (non-hydrogen) atoms. The number of hydrogen-bond donors (Lipinski definition) is 2. The number of anilines is 2. The van der Waals surface area contributed by atoms with Crippen molar-refractivity contribution in [3.63, 3.8) is 0 Å². The smallest absolute Gasteiger partial charge is 0.121 e. The van der Waals surface area contributed by atoms with E-state index >= 15 is 0 Å². The SMILES string of the molecule is CCCCNc1cc(OCCCN(CC)CC)ccc1N. The molecule has 0 spiro atoms. The van der Waals surface area contributed by atoms with Crippen molar-refractivity contribution in [3.05, 3.63) is 18.2 Å². The van der Waals surface area contributed by atoms with Crippen molar-refractivity contribution >= 4 is 11.4 Å². The second-order valence-electron chi connectivity index (χ2n) is 5.26. The molecule has 0 radical (unpaired) electrons. The van der Waals surface area contributed by atoms with Crippen LogP contribution in [0.5, 0.6) is 5.75 Å². The summed E-state index contributed by atoms with van der Waals surface area (Å²) in [6, 6.07) is 5.86. The van der Waals surface area contributed by atoms with Crippen LogP contribution >= 0.6 is 0 Å². The molecule has 0 saturated carbocycles. The van der Waals surface area contributed by atoms with Crippen molar-refractivity contribution in [2.75, 3.05) is 43.8 Å². The van der Waals surface area contributed by atoms with Crippen LogP contribution in [0.3, 0.4) is 0 Å². The Morgan fingerprint density at radius 2 is 1.90 bits per heavy atom. The molecule has 1 aromatic rings. The van der Waals surface area contributed by atoms with Gasteiger partial charge in [-0.3, -0.25) is 0 Å². The summed E-state index contributed by atoms with van der Waals surface area (Å²) >= 11 is 0. The molecule has 0 heterocycles. The molecule has 4 heteroatoms. The van der Waals surface area contributed by atoms with Crippen molar-refractivity contribution in [1.82, 2.24) is 4.90 Å². The molecule has 1 rings (SSSR count). The minimum Gasteiger partial charge on any atom is -0.493 e. The molecule has 0 fully saturated rings. The first-order valence-electron chi connectivity index (χ1n) is 8.19. The third-order valence-corrected chi connectivity index (χ3v) is 3.65. The third-order valence-electron chi connectivity index (χ3n) is 3.65. The van der Waals surface area contributed by atoms with Gasteiger partial charge in [-0.15, -0.1) is 0 Å². The van der Waals surface area contributed by atoms with Gasteiger partial charge in [0.05, 0.1) is 18.0 Å². The number of ether oxygens (including phenoxy) is 1. The average Bonchev–Trinajstić information content (AvgIpc) is 2.50. The summed E-state index contributed by atoms with van der Waals surface area (Å²) in [7, 11) is 0. The summed E-state index contributed by atoms with van der Waals surface area (Å²) in [6.07, 6.45) is 3.37. The van der Waals surface area contributed by atoms with Crippen LogP contribution in [0.1, 0.15) is 40.0 Å². The van der Waals surface area contributed by atoms with E-state index in [1.165, 1.54) is 6.42 Å². The van der Waals surface area contributed by atoms with Crippen LogP contribution < -0.4 is 15.8 Å². The maximum absolute atomic E-state index is 5.98. The Bertz CT molecular complexity index is 392. The van der Waals surface area contributed by atoms with E-state index in [2.05, 4.69) is 31.0 Å². The normalized spacial score (nSPS) is 10.9. The average molecular weight is 293 g/mol. The second kappa shape index (κ2) is 10.3. The van der Waals surface area contributed by atoms with Gasteiger partial charge < -0.3 is 20.7 Å². The first kappa shape index (κ1) is 17.6. The van der Waals surface area contributed by atoms with Crippen molar-refractivity contribution in [2.45, 2.75) is 40.0 Å². The quantitative estimate of drug-likeness (QED) is 0.483. The maximum atomic E-state index is 5.98. The van der Waals surface area contributed by atoms with Gasteiger partial charge in [0.1, 0.15) is 5.75 Å². The molecular formula is C17H31N3O. The number of nitrogens with two attached hydrogens (primary N) is 1. The van der Waals surface area contributed by atoms with E-state index < -0.39 is 0 Å². The van der Waals surface area contributed by atoms with Gasteiger partial charge in [-0.25, -0.2) is 0 Å². The molecule has 0 aliphatic heterocycles. The van der Waals surface area contributed by atoms with Crippen LogP contribution in [0.25, 0.3) is 0 Å². The molecule has 0 saturated heterocycles. The monoisotopic (exact) mass is 293 g/mol. The van der Waals surface area contributed by atoms with E-state index in [1.54, 1.807) is 0 Å². The van der Waals surface area contributed by atoms with Crippen molar-refractivity contribution in [3.8, 4) is 5.75 Å². The van der Waals surface area contributed by atoms with Gasteiger partial charge in [0.25, 0.3) is 0 Å². The summed E-state index contributed by atoms with van der Waals surface area (Å²) in [6.45, 7) is 11.6. The van der Waals surface area contributed by atoms with Gasteiger partial charge in [0.15, 0.2) is 0 Å². The van der Waals surface area contributed by atoms with Gasteiger partial charge in [0.2, 0.25) is 0 Å². The number of unbranched alkanes of at least 4 members (excludes halogenated alkanes) is 1. The molecule has 0 aliphatic carbocycles. The molecule has 120 valence electrons. The number of nitrogens with one attached hydrogen (secondary N) is 1. The minimum atomic E-state index is 0.745. The maximum Gasteiger partial charge on any atom is 0.121 e. The zero-order valence-corrected chi connectivity index (χ0v) is 13.8. The molecule has 0 unspecified atom stereocenters. The van der Waals surface area contributed by atoms with Gasteiger partial charge in [-0.1, -0.05) is 27.2 Å². The van der Waals surface area contributed by atoms with Crippen LogP contribution in [-0.2, 0) is 0 Å². The highest BCUT2D eigenvalue weighted by Crippen LogP contribution is 2.24. The highest BCUT2D eigenvalue weighted by Gasteiger charge is 2.03. The predicted molar refractivity (Wildman–Crippen MR) is 92.2 cm³/mol. The predicted octanol–water partition coefficient (Wildman–Crippen LogP) is 3.59. The Morgan fingerprint density at radius 3 is 2.57 bits per heavy atom. The second-order valence-corrected chi connectivity index (χ2v) is 5.26.